The van der Waals surface area contributed by atoms with Gasteiger partial charge in [-0.2, -0.15) is 5.10 Å². The van der Waals surface area contributed by atoms with Crippen LogP contribution in [-0.2, 0) is 17.9 Å². The highest BCUT2D eigenvalue weighted by molar-refractivity contribution is 9.10. The number of ether oxygens (including phenoxy) is 1. The van der Waals surface area contributed by atoms with E-state index >= 15 is 0 Å². The summed E-state index contributed by atoms with van der Waals surface area (Å²) in [6.45, 7) is 0.872. The molecule has 0 radical (unpaired) electrons. The van der Waals surface area contributed by atoms with Crippen molar-refractivity contribution in [1.29, 1.82) is 0 Å². The molecule has 0 unspecified atom stereocenters. The highest BCUT2D eigenvalue weighted by atomic mass is 79.9. The van der Waals surface area contributed by atoms with E-state index in [2.05, 4.69) is 21.0 Å². The summed E-state index contributed by atoms with van der Waals surface area (Å²) in [5, 5.41) is 4.21. The lowest BCUT2D eigenvalue weighted by Gasteiger charge is -2.03. The Bertz CT molecular complexity index is 782. The molecule has 3 aromatic rings. The van der Waals surface area contributed by atoms with Gasteiger partial charge < -0.3 is 4.74 Å². The van der Waals surface area contributed by atoms with Gasteiger partial charge in [-0.1, -0.05) is 58.4 Å². The average molecular weight is 371 g/mol. The van der Waals surface area contributed by atoms with E-state index in [0.29, 0.717) is 12.1 Å². The lowest BCUT2D eigenvalue weighted by molar-refractivity contribution is 0.0472. The SMILES string of the molecule is O=C(OCc1ccc(Br)cc1)c1cnn(Cc2ccccc2)c1. The number of halogens is 1. The van der Waals surface area contributed by atoms with Crippen molar-refractivity contribution in [2.24, 2.45) is 0 Å². The van der Waals surface area contributed by atoms with Gasteiger partial charge in [0, 0.05) is 10.7 Å². The molecule has 3 rings (SSSR count). The summed E-state index contributed by atoms with van der Waals surface area (Å²) < 4.78 is 8.03. The Balaban J connectivity index is 1.59. The third-order valence-electron chi connectivity index (χ3n) is 3.34. The molecule has 0 aliphatic rings. The van der Waals surface area contributed by atoms with E-state index < -0.39 is 0 Å². The lowest BCUT2D eigenvalue weighted by atomic mass is 10.2. The van der Waals surface area contributed by atoms with E-state index in [-0.39, 0.29) is 12.6 Å². The molecule has 0 amide bonds. The first-order valence-corrected chi connectivity index (χ1v) is 7.98. The standard InChI is InChI=1S/C18H15BrN2O2/c19-17-8-6-15(7-9-17)13-23-18(22)16-10-20-21(12-16)11-14-4-2-1-3-5-14/h1-10,12H,11,13H2. The van der Waals surface area contributed by atoms with Crippen LogP contribution in [0.3, 0.4) is 0 Å². The molecule has 0 atom stereocenters. The Morgan fingerprint density at radius 1 is 1.04 bits per heavy atom. The number of aromatic nitrogens is 2. The summed E-state index contributed by atoms with van der Waals surface area (Å²) in [6.07, 6.45) is 3.24. The molecule has 0 N–H and O–H groups in total. The molecular weight excluding hydrogens is 356 g/mol. The Kier molecular flexibility index (Phi) is 4.88. The number of rotatable bonds is 5. The van der Waals surface area contributed by atoms with Crippen molar-refractivity contribution in [1.82, 2.24) is 9.78 Å². The van der Waals surface area contributed by atoms with Crippen LogP contribution in [0.15, 0.2) is 71.5 Å². The van der Waals surface area contributed by atoms with Crippen LogP contribution >= 0.6 is 15.9 Å². The molecule has 4 nitrogen and oxygen atoms in total. The maximum absolute atomic E-state index is 12.1. The molecule has 0 fully saturated rings. The number of nitrogens with zero attached hydrogens (tertiary/aromatic N) is 2. The van der Waals surface area contributed by atoms with Gasteiger partial charge in [-0.25, -0.2) is 4.79 Å². The summed E-state index contributed by atoms with van der Waals surface area (Å²) in [7, 11) is 0. The molecule has 5 heteroatoms. The van der Waals surface area contributed by atoms with Gasteiger partial charge in [0.15, 0.2) is 0 Å². The monoisotopic (exact) mass is 370 g/mol. The predicted octanol–water partition coefficient (Wildman–Crippen LogP) is 4.05. The van der Waals surface area contributed by atoms with Crippen LogP contribution in [0.25, 0.3) is 0 Å². The zero-order valence-corrected chi connectivity index (χ0v) is 13.9. The van der Waals surface area contributed by atoms with Gasteiger partial charge in [0.05, 0.1) is 18.3 Å². The summed E-state index contributed by atoms with van der Waals surface area (Å²) >= 11 is 3.37. The molecule has 0 bridgehead atoms. The fraction of sp³-hybridized carbons (Fsp3) is 0.111. The third-order valence-corrected chi connectivity index (χ3v) is 3.87. The van der Waals surface area contributed by atoms with Crippen molar-refractivity contribution in [2.75, 3.05) is 0 Å². The van der Waals surface area contributed by atoms with E-state index in [0.717, 1.165) is 15.6 Å². The van der Waals surface area contributed by atoms with Gasteiger partial charge in [-0.3, -0.25) is 4.68 Å². The first-order chi connectivity index (χ1) is 11.2. The van der Waals surface area contributed by atoms with Crippen molar-refractivity contribution in [2.45, 2.75) is 13.2 Å². The van der Waals surface area contributed by atoms with E-state index in [1.807, 2.05) is 54.6 Å². The molecule has 23 heavy (non-hydrogen) atoms. The third kappa shape index (κ3) is 4.29. The summed E-state index contributed by atoms with van der Waals surface area (Å²) in [5.41, 5.74) is 2.53. The normalized spacial score (nSPS) is 10.5. The summed E-state index contributed by atoms with van der Waals surface area (Å²) in [6, 6.07) is 17.6. The number of carbonyl (C=O) groups is 1. The highest BCUT2D eigenvalue weighted by Crippen LogP contribution is 2.12. The van der Waals surface area contributed by atoms with Gasteiger partial charge in [0.2, 0.25) is 0 Å². The Morgan fingerprint density at radius 3 is 2.52 bits per heavy atom. The molecule has 1 aromatic heterocycles. The summed E-state index contributed by atoms with van der Waals surface area (Å²) in [5.74, 6) is -0.368. The second-order valence-electron chi connectivity index (χ2n) is 5.11. The van der Waals surface area contributed by atoms with Crippen LogP contribution in [-0.4, -0.2) is 15.7 Å². The van der Waals surface area contributed by atoms with Gasteiger partial charge in [-0.15, -0.1) is 0 Å². The second kappa shape index (κ2) is 7.24. The van der Waals surface area contributed by atoms with Crippen molar-refractivity contribution in [3.63, 3.8) is 0 Å². The van der Waals surface area contributed by atoms with Crippen LogP contribution in [0.5, 0.6) is 0 Å². The fourth-order valence-electron chi connectivity index (χ4n) is 2.14. The van der Waals surface area contributed by atoms with Crippen molar-refractivity contribution in [3.8, 4) is 0 Å². The van der Waals surface area contributed by atoms with E-state index in [9.17, 15) is 4.79 Å². The first-order valence-electron chi connectivity index (χ1n) is 7.19. The van der Waals surface area contributed by atoms with Gasteiger partial charge in [0.1, 0.15) is 6.61 Å². The molecule has 0 saturated carbocycles. The number of hydrogen-bond donors (Lipinski definition) is 0. The average Bonchev–Trinajstić information content (AvgIpc) is 3.03. The minimum Gasteiger partial charge on any atom is -0.457 e. The second-order valence-corrected chi connectivity index (χ2v) is 6.03. The molecular formula is C18H15BrN2O2. The van der Waals surface area contributed by atoms with Crippen molar-refractivity contribution < 1.29 is 9.53 Å². The Morgan fingerprint density at radius 2 is 1.78 bits per heavy atom. The zero-order chi connectivity index (χ0) is 16.1. The Labute approximate surface area is 142 Å². The van der Waals surface area contributed by atoms with Crippen LogP contribution in [0, 0.1) is 0 Å². The topological polar surface area (TPSA) is 44.1 Å². The minimum atomic E-state index is -0.368. The number of carbonyl (C=O) groups excluding carboxylic acids is 1. The van der Waals surface area contributed by atoms with Crippen LogP contribution in [0.4, 0.5) is 0 Å². The van der Waals surface area contributed by atoms with E-state index in [1.54, 1.807) is 10.9 Å². The molecule has 0 saturated heterocycles. The predicted molar refractivity (Wildman–Crippen MR) is 91.0 cm³/mol. The lowest BCUT2D eigenvalue weighted by Crippen LogP contribution is -2.04. The van der Waals surface area contributed by atoms with Gasteiger partial charge in [-0.05, 0) is 23.3 Å². The first kappa shape index (κ1) is 15.5. The number of esters is 1. The van der Waals surface area contributed by atoms with E-state index in [4.69, 9.17) is 4.74 Å². The van der Waals surface area contributed by atoms with Crippen LogP contribution in [0.1, 0.15) is 21.5 Å². The largest absolute Gasteiger partial charge is 0.457 e. The maximum Gasteiger partial charge on any atom is 0.341 e. The molecule has 1 heterocycles. The molecule has 116 valence electrons. The highest BCUT2D eigenvalue weighted by Gasteiger charge is 2.10. The summed E-state index contributed by atoms with van der Waals surface area (Å²) in [4.78, 5) is 12.1. The maximum atomic E-state index is 12.1. The number of benzene rings is 2. The van der Waals surface area contributed by atoms with Gasteiger partial charge in [0.25, 0.3) is 0 Å². The Hall–Kier alpha value is -2.40. The fourth-order valence-corrected chi connectivity index (χ4v) is 2.40. The molecule has 2 aromatic carbocycles. The molecule has 0 aliphatic heterocycles. The minimum absolute atomic E-state index is 0.246. The van der Waals surface area contributed by atoms with Crippen LogP contribution < -0.4 is 0 Å². The molecule has 0 aliphatic carbocycles. The van der Waals surface area contributed by atoms with E-state index in [1.165, 1.54) is 6.20 Å². The van der Waals surface area contributed by atoms with Crippen molar-refractivity contribution in [3.05, 3.63) is 88.2 Å². The van der Waals surface area contributed by atoms with Crippen molar-refractivity contribution >= 4 is 21.9 Å². The quantitative estimate of drug-likeness (QED) is 0.636. The van der Waals surface area contributed by atoms with Crippen LogP contribution in [0.2, 0.25) is 0 Å². The smallest absolute Gasteiger partial charge is 0.341 e. The van der Waals surface area contributed by atoms with Gasteiger partial charge >= 0.3 is 5.97 Å². The zero-order valence-electron chi connectivity index (χ0n) is 12.4. The molecule has 0 spiro atoms. The number of hydrogen-bond acceptors (Lipinski definition) is 3.